The van der Waals surface area contributed by atoms with Crippen LogP contribution in [-0.2, 0) is 20.7 Å². The molecule has 1 aromatic carbocycles. The highest BCUT2D eigenvalue weighted by molar-refractivity contribution is 7.15. The van der Waals surface area contributed by atoms with E-state index in [1.54, 1.807) is 24.4 Å². The van der Waals surface area contributed by atoms with Gasteiger partial charge in [-0.15, -0.1) is 11.3 Å². The Labute approximate surface area is 158 Å². The molecule has 4 rings (SSSR count). The van der Waals surface area contributed by atoms with Crippen LogP contribution >= 0.6 is 11.3 Å². The summed E-state index contributed by atoms with van der Waals surface area (Å²) in [5.74, 6) is 0.276. The van der Waals surface area contributed by atoms with E-state index < -0.39 is 18.0 Å². The van der Waals surface area contributed by atoms with E-state index in [0.29, 0.717) is 36.1 Å². The van der Waals surface area contributed by atoms with Crippen molar-refractivity contribution in [3.05, 3.63) is 41.7 Å². The second kappa shape index (κ2) is 7.28. The number of anilines is 1. The third-order valence-electron chi connectivity index (χ3n) is 3.96. The summed E-state index contributed by atoms with van der Waals surface area (Å²) in [4.78, 5) is 29.5. The van der Waals surface area contributed by atoms with E-state index in [0.717, 1.165) is 4.96 Å². The Morgan fingerprint density at radius 1 is 1.33 bits per heavy atom. The van der Waals surface area contributed by atoms with Crippen molar-refractivity contribution >= 4 is 33.9 Å². The number of nitrogens with one attached hydrogen (secondary N) is 1. The lowest BCUT2D eigenvalue weighted by Gasteiger charge is -2.19. The molecule has 140 valence electrons. The molecule has 0 fully saturated rings. The largest absolute Gasteiger partial charge is 0.486 e. The van der Waals surface area contributed by atoms with Crippen molar-refractivity contribution in [3.63, 3.8) is 0 Å². The molecule has 3 aromatic rings. The van der Waals surface area contributed by atoms with E-state index in [2.05, 4.69) is 10.3 Å². The molecule has 0 unspecified atom stereocenters. The van der Waals surface area contributed by atoms with E-state index in [1.807, 2.05) is 16.0 Å². The Bertz CT molecular complexity index is 967. The molecule has 1 N–H and O–H groups in total. The van der Waals surface area contributed by atoms with Crippen molar-refractivity contribution in [3.8, 4) is 11.5 Å². The minimum atomic E-state index is -0.936. The summed E-state index contributed by atoms with van der Waals surface area (Å²) in [6.45, 7) is 2.49. The molecule has 0 saturated carbocycles. The van der Waals surface area contributed by atoms with Crippen molar-refractivity contribution in [2.75, 3.05) is 18.5 Å². The number of fused-ring (bicyclic) bond motifs is 2. The van der Waals surface area contributed by atoms with Gasteiger partial charge < -0.3 is 19.5 Å². The molecule has 0 spiro atoms. The van der Waals surface area contributed by atoms with Crippen LogP contribution in [0.5, 0.6) is 11.5 Å². The highest BCUT2D eigenvalue weighted by Crippen LogP contribution is 2.32. The standard InChI is InChI=1S/C18H17N3O5S/c1-11(26-16(22)9-13-10-21-4-7-27-18(21)20-13)17(23)19-12-2-3-14-15(8-12)25-6-5-24-14/h2-4,7-8,10-11H,5-6,9H2,1H3,(H,19,23)/t11-/m1/s1. The van der Waals surface area contributed by atoms with Crippen molar-refractivity contribution < 1.29 is 23.8 Å². The minimum absolute atomic E-state index is 0.00996. The number of carbonyl (C=O) groups is 2. The van der Waals surface area contributed by atoms with Gasteiger partial charge in [-0.3, -0.25) is 14.0 Å². The summed E-state index contributed by atoms with van der Waals surface area (Å²) in [6, 6.07) is 5.11. The Balaban J connectivity index is 1.33. The maximum absolute atomic E-state index is 12.3. The number of amides is 1. The molecule has 1 amide bonds. The van der Waals surface area contributed by atoms with Gasteiger partial charge in [-0.1, -0.05) is 0 Å². The molecule has 0 saturated heterocycles. The van der Waals surface area contributed by atoms with Crippen molar-refractivity contribution in [1.82, 2.24) is 9.38 Å². The van der Waals surface area contributed by atoms with Crippen LogP contribution < -0.4 is 14.8 Å². The summed E-state index contributed by atoms with van der Waals surface area (Å²) in [7, 11) is 0. The van der Waals surface area contributed by atoms with Crippen molar-refractivity contribution in [2.24, 2.45) is 0 Å². The number of hydrogen-bond donors (Lipinski definition) is 1. The number of rotatable bonds is 5. The van der Waals surface area contributed by atoms with Gasteiger partial charge in [-0.2, -0.15) is 0 Å². The van der Waals surface area contributed by atoms with Crippen LogP contribution in [0, 0.1) is 0 Å². The van der Waals surface area contributed by atoms with E-state index in [1.165, 1.54) is 18.3 Å². The molecule has 1 aliphatic rings. The first-order valence-electron chi connectivity index (χ1n) is 8.39. The van der Waals surface area contributed by atoms with Gasteiger partial charge >= 0.3 is 5.97 Å². The number of aromatic nitrogens is 2. The second-order valence-corrected chi connectivity index (χ2v) is 6.85. The number of nitrogens with zero attached hydrogens (tertiary/aromatic N) is 2. The Morgan fingerprint density at radius 2 is 2.15 bits per heavy atom. The van der Waals surface area contributed by atoms with Crippen LogP contribution in [0.1, 0.15) is 12.6 Å². The molecule has 2 aromatic heterocycles. The number of imidazole rings is 1. The molecule has 0 radical (unpaired) electrons. The van der Waals surface area contributed by atoms with Crippen LogP contribution in [-0.4, -0.2) is 40.6 Å². The molecule has 9 heteroatoms. The fourth-order valence-electron chi connectivity index (χ4n) is 2.67. The van der Waals surface area contributed by atoms with Crippen molar-refractivity contribution in [1.29, 1.82) is 0 Å². The summed E-state index contributed by atoms with van der Waals surface area (Å²) in [5, 5.41) is 4.62. The van der Waals surface area contributed by atoms with Crippen LogP contribution in [0.4, 0.5) is 5.69 Å². The van der Waals surface area contributed by atoms with Crippen LogP contribution in [0.2, 0.25) is 0 Å². The highest BCUT2D eigenvalue weighted by Gasteiger charge is 2.20. The topological polar surface area (TPSA) is 91.2 Å². The predicted octanol–water partition coefficient (Wildman–Crippen LogP) is 2.28. The third kappa shape index (κ3) is 3.87. The number of hydrogen-bond acceptors (Lipinski definition) is 7. The summed E-state index contributed by atoms with van der Waals surface area (Å²) < 4.78 is 18.0. The quantitative estimate of drug-likeness (QED) is 0.676. The molecular formula is C18H17N3O5S. The number of benzene rings is 1. The summed E-state index contributed by atoms with van der Waals surface area (Å²) in [6.07, 6.45) is 2.71. The van der Waals surface area contributed by atoms with E-state index in [-0.39, 0.29) is 6.42 Å². The molecule has 27 heavy (non-hydrogen) atoms. The first kappa shape index (κ1) is 17.3. The Hall–Kier alpha value is -3.07. The second-order valence-electron chi connectivity index (χ2n) is 5.98. The van der Waals surface area contributed by atoms with Gasteiger partial charge in [0, 0.05) is 29.5 Å². The molecule has 1 atom stereocenters. The van der Waals surface area contributed by atoms with Gasteiger partial charge in [-0.25, -0.2) is 4.98 Å². The number of esters is 1. The fourth-order valence-corrected chi connectivity index (χ4v) is 3.39. The number of ether oxygens (including phenoxy) is 3. The zero-order valence-electron chi connectivity index (χ0n) is 14.5. The van der Waals surface area contributed by atoms with Gasteiger partial charge in [-0.05, 0) is 19.1 Å². The molecule has 0 bridgehead atoms. The van der Waals surface area contributed by atoms with Crippen molar-refractivity contribution in [2.45, 2.75) is 19.4 Å². The molecular weight excluding hydrogens is 370 g/mol. The summed E-state index contributed by atoms with van der Waals surface area (Å²) in [5.41, 5.74) is 1.15. The predicted molar refractivity (Wildman–Crippen MR) is 98.4 cm³/mol. The number of carbonyl (C=O) groups excluding carboxylic acids is 2. The first-order chi connectivity index (χ1) is 13.1. The van der Waals surface area contributed by atoms with Gasteiger partial charge in [0.2, 0.25) is 0 Å². The van der Waals surface area contributed by atoms with E-state index >= 15 is 0 Å². The molecule has 0 aliphatic carbocycles. The van der Waals surface area contributed by atoms with Crippen LogP contribution in [0.25, 0.3) is 4.96 Å². The maximum Gasteiger partial charge on any atom is 0.312 e. The molecule has 8 nitrogen and oxygen atoms in total. The summed E-state index contributed by atoms with van der Waals surface area (Å²) >= 11 is 1.48. The van der Waals surface area contributed by atoms with Gasteiger partial charge in [0.1, 0.15) is 13.2 Å². The fraction of sp³-hybridized carbons (Fsp3) is 0.278. The van der Waals surface area contributed by atoms with Crippen LogP contribution in [0.15, 0.2) is 36.0 Å². The number of thiazole rings is 1. The zero-order chi connectivity index (χ0) is 18.8. The Kier molecular flexibility index (Phi) is 4.68. The smallest absolute Gasteiger partial charge is 0.312 e. The SMILES string of the molecule is C[C@@H](OC(=O)Cc1cn2ccsc2n1)C(=O)Nc1ccc2c(c1)OCCO2. The first-order valence-corrected chi connectivity index (χ1v) is 9.27. The minimum Gasteiger partial charge on any atom is -0.486 e. The third-order valence-corrected chi connectivity index (χ3v) is 4.73. The average molecular weight is 387 g/mol. The lowest BCUT2D eigenvalue weighted by atomic mass is 10.2. The van der Waals surface area contributed by atoms with E-state index in [4.69, 9.17) is 14.2 Å². The normalized spacial score (nSPS) is 14.0. The lowest BCUT2D eigenvalue weighted by molar-refractivity contribution is -0.152. The van der Waals surface area contributed by atoms with Gasteiger partial charge in [0.05, 0.1) is 12.1 Å². The van der Waals surface area contributed by atoms with E-state index in [9.17, 15) is 9.59 Å². The molecule has 1 aliphatic heterocycles. The molecule has 3 heterocycles. The van der Waals surface area contributed by atoms with Gasteiger partial charge in [0.15, 0.2) is 22.6 Å². The van der Waals surface area contributed by atoms with Crippen LogP contribution in [0.3, 0.4) is 0 Å². The lowest BCUT2D eigenvalue weighted by Crippen LogP contribution is -2.30. The zero-order valence-corrected chi connectivity index (χ0v) is 15.3. The maximum atomic E-state index is 12.3. The monoisotopic (exact) mass is 387 g/mol. The Morgan fingerprint density at radius 3 is 2.96 bits per heavy atom. The average Bonchev–Trinajstić information content (AvgIpc) is 3.23. The van der Waals surface area contributed by atoms with Gasteiger partial charge in [0.25, 0.3) is 5.91 Å². The highest BCUT2D eigenvalue weighted by atomic mass is 32.1.